The lowest BCUT2D eigenvalue weighted by molar-refractivity contribution is 0.0697. The number of rotatable bonds is 6. The number of aromatic nitrogens is 1. The molecule has 0 saturated heterocycles. The van der Waals surface area contributed by atoms with Crippen molar-refractivity contribution in [1.82, 2.24) is 14.4 Å². The first kappa shape index (κ1) is 24.8. The van der Waals surface area contributed by atoms with Crippen LogP contribution in [0.5, 0.6) is 5.75 Å². The van der Waals surface area contributed by atoms with Gasteiger partial charge in [0.05, 0.1) is 11.3 Å². The summed E-state index contributed by atoms with van der Waals surface area (Å²) in [5, 5.41) is 10.7. The van der Waals surface area contributed by atoms with Crippen molar-refractivity contribution in [3.63, 3.8) is 0 Å². The Morgan fingerprint density at radius 1 is 1.14 bits per heavy atom. The molecule has 0 spiro atoms. The molecular formula is C29H36FN3O3. The van der Waals surface area contributed by atoms with E-state index in [0.717, 1.165) is 84.5 Å². The molecule has 5 rings (SSSR count). The summed E-state index contributed by atoms with van der Waals surface area (Å²) in [6.07, 6.45) is 2.44. The molecular weight excluding hydrogens is 457 g/mol. The van der Waals surface area contributed by atoms with E-state index in [2.05, 4.69) is 33.5 Å². The summed E-state index contributed by atoms with van der Waals surface area (Å²) in [6, 6.07) is 11.6. The number of aromatic carboxylic acids is 1. The maximum absolute atomic E-state index is 15.5. The summed E-state index contributed by atoms with van der Waals surface area (Å²) in [6.45, 7) is 3.74. The molecule has 36 heavy (non-hydrogen) atoms. The van der Waals surface area contributed by atoms with Gasteiger partial charge >= 0.3 is 5.97 Å². The first-order valence-corrected chi connectivity index (χ1v) is 13.0. The molecule has 1 saturated carbocycles. The van der Waals surface area contributed by atoms with Crippen LogP contribution in [-0.4, -0.2) is 72.5 Å². The average Bonchev–Trinajstić information content (AvgIpc) is 3.14. The number of alkyl halides is 1. The van der Waals surface area contributed by atoms with Crippen LogP contribution in [0.1, 0.15) is 53.1 Å². The van der Waals surface area contributed by atoms with Gasteiger partial charge in [0.1, 0.15) is 18.5 Å². The number of hydrogen-bond acceptors (Lipinski definition) is 4. The van der Waals surface area contributed by atoms with Crippen molar-refractivity contribution in [2.75, 3.05) is 40.8 Å². The number of hydrogen-bond donors (Lipinski definition) is 1. The van der Waals surface area contributed by atoms with Gasteiger partial charge in [-0.25, -0.2) is 9.18 Å². The Balaban J connectivity index is 1.71. The number of halogens is 1. The molecule has 1 fully saturated rings. The van der Waals surface area contributed by atoms with E-state index in [4.69, 9.17) is 4.74 Å². The van der Waals surface area contributed by atoms with E-state index >= 15 is 4.39 Å². The van der Waals surface area contributed by atoms with Crippen LogP contribution in [-0.2, 0) is 13.1 Å². The van der Waals surface area contributed by atoms with Gasteiger partial charge in [-0.3, -0.25) is 0 Å². The summed E-state index contributed by atoms with van der Waals surface area (Å²) in [5.41, 5.74) is 5.46. The molecule has 1 N–H and O–H groups in total. The molecule has 2 heterocycles. The Labute approximate surface area is 212 Å². The molecule has 7 heteroatoms. The summed E-state index contributed by atoms with van der Waals surface area (Å²) < 4.78 is 23.8. The van der Waals surface area contributed by atoms with Crippen LogP contribution in [0.4, 0.5) is 4.39 Å². The number of carbonyl (C=O) groups is 1. The molecule has 1 aromatic heterocycles. The monoisotopic (exact) mass is 493 g/mol. The normalized spacial score (nSPS) is 20.6. The Morgan fingerprint density at radius 2 is 1.94 bits per heavy atom. The number of nitrogens with zero attached hydrogens (tertiary/aromatic N) is 3. The van der Waals surface area contributed by atoms with Gasteiger partial charge in [0.25, 0.3) is 0 Å². The quantitative estimate of drug-likeness (QED) is 0.499. The highest BCUT2D eigenvalue weighted by Crippen LogP contribution is 2.47. The van der Waals surface area contributed by atoms with Crippen molar-refractivity contribution in [2.45, 2.75) is 50.9 Å². The topological polar surface area (TPSA) is 57.9 Å². The number of fused-ring (bicyclic) bond motifs is 5. The van der Waals surface area contributed by atoms with E-state index in [1.54, 1.807) is 12.1 Å². The zero-order valence-corrected chi connectivity index (χ0v) is 21.5. The molecule has 0 bridgehead atoms. The standard InChI is InChI=1S/C29H36FN3O3/c1-31(2)14-15-36-21-9-11-22-20(16-21)18-32(3)12-13-33-26-17-19(29(34)35)8-10-24(26)27(28(22)33)23-6-4-5-7-25(23)30/h8-11,16-17,23,25H,4-7,12-15,18H2,1-3H3,(H,34,35)/t23-,25-/m0/s1. The number of benzene rings is 2. The molecule has 0 amide bonds. The predicted molar refractivity (Wildman–Crippen MR) is 141 cm³/mol. The summed E-state index contributed by atoms with van der Waals surface area (Å²) in [4.78, 5) is 16.2. The van der Waals surface area contributed by atoms with E-state index in [9.17, 15) is 9.90 Å². The van der Waals surface area contributed by atoms with Gasteiger partial charge in [-0.05, 0) is 75.4 Å². The minimum atomic E-state index is -0.946. The molecule has 192 valence electrons. The van der Waals surface area contributed by atoms with Gasteiger partial charge in [0, 0.05) is 48.6 Å². The van der Waals surface area contributed by atoms with E-state index in [1.165, 1.54) is 0 Å². The summed E-state index contributed by atoms with van der Waals surface area (Å²) in [5.74, 6) is -0.296. The van der Waals surface area contributed by atoms with Crippen molar-refractivity contribution in [3.05, 3.63) is 53.1 Å². The number of carboxylic acids is 1. The van der Waals surface area contributed by atoms with Crippen LogP contribution in [0.15, 0.2) is 36.4 Å². The van der Waals surface area contributed by atoms with Crippen molar-refractivity contribution in [2.24, 2.45) is 0 Å². The second-order valence-electron chi connectivity index (χ2n) is 10.6. The lowest BCUT2D eigenvalue weighted by Crippen LogP contribution is -2.26. The van der Waals surface area contributed by atoms with Crippen LogP contribution in [0, 0.1) is 0 Å². The van der Waals surface area contributed by atoms with Crippen LogP contribution < -0.4 is 4.74 Å². The van der Waals surface area contributed by atoms with Gasteiger partial charge in [0.15, 0.2) is 0 Å². The lowest BCUT2D eigenvalue weighted by atomic mass is 9.80. The SMILES string of the molecule is CN(C)CCOc1ccc2c(c1)CN(C)CCn1c-2c([C@H]2CCCC[C@@H]2F)c2ccc(C(=O)O)cc21. The van der Waals surface area contributed by atoms with E-state index in [0.29, 0.717) is 13.0 Å². The minimum Gasteiger partial charge on any atom is -0.492 e. The molecule has 0 unspecified atom stereocenters. The molecule has 2 aromatic carbocycles. The fraction of sp³-hybridized carbons (Fsp3) is 0.483. The number of likely N-dealkylation sites (N-methyl/N-ethyl adjacent to an activating group) is 2. The van der Waals surface area contributed by atoms with Gasteiger partial charge in [-0.2, -0.15) is 0 Å². The third-order valence-corrected chi connectivity index (χ3v) is 7.69. The van der Waals surface area contributed by atoms with Gasteiger partial charge in [0.2, 0.25) is 0 Å². The molecule has 3 aromatic rings. The lowest BCUT2D eigenvalue weighted by Gasteiger charge is -2.29. The highest BCUT2D eigenvalue weighted by molar-refractivity contribution is 5.98. The van der Waals surface area contributed by atoms with E-state index in [1.807, 2.05) is 26.2 Å². The first-order valence-electron chi connectivity index (χ1n) is 13.0. The van der Waals surface area contributed by atoms with Crippen LogP contribution in [0.25, 0.3) is 22.2 Å². The zero-order valence-electron chi connectivity index (χ0n) is 21.5. The van der Waals surface area contributed by atoms with Gasteiger partial charge in [-0.15, -0.1) is 0 Å². The van der Waals surface area contributed by atoms with E-state index in [-0.39, 0.29) is 11.5 Å². The van der Waals surface area contributed by atoms with Crippen LogP contribution in [0.2, 0.25) is 0 Å². The van der Waals surface area contributed by atoms with Crippen LogP contribution in [0.3, 0.4) is 0 Å². The fourth-order valence-corrected chi connectivity index (χ4v) is 5.83. The highest BCUT2D eigenvalue weighted by atomic mass is 19.1. The Morgan fingerprint density at radius 3 is 2.69 bits per heavy atom. The summed E-state index contributed by atoms with van der Waals surface area (Å²) in [7, 11) is 6.15. The van der Waals surface area contributed by atoms with Crippen molar-refractivity contribution in [3.8, 4) is 17.0 Å². The van der Waals surface area contributed by atoms with E-state index < -0.39 is 12.1 Å². The fourth-order valence-electron chi connectivity index (χ4n) is 5.83. The molecule has 2 aliphatic rings. The number of carboxylic acid groups (broad SMARTS) is 1. The third-order valence-electron chi connectivity index (χ3n) is 7.69. The Bertz CT molecular complexity index is 1270. The molecule has 1 aliphatic carbocycles. The second-order valence-corrected chi connectivity index (χ2v) is 10.6. The minimum absolute atomic E-state index is 0.186. The third kappa shape index (κ3) is 4.74. The molecule has 6 nitrogen and oxygen atoms in total. The zero-order chi connectivity index (χ0) is 25.4. The maximum atomic E-state index is 15.5. The Hall–Kier alpha value is -2.90. The van der Waals surface area contributed by atoms with Crippen molar-refractivity contribution < 1.29 is 19.0 Å². The van der Waals surface area contributed by atoms with Crippen LogP contribution >= 0.6 is 0 Å². The average molecular weight is 494 g/mol. The highest BCUT2D eigenvalue weighted by Gasteiger charge is 2.34. The van der Waals surface area contributed by atoms with Gasteiger partial charge < -0.3 is 24.2 Å². The summed E-state index contributed by atoms with van der Waals surface area (Å²) >= 11 is 0. The Kier molecular flexibility index (Phi) is 7.04. The molecule has 0 radical (unpaired) electrons. The van der Waals surface area contributed by atoms with Crippen molar-refractivity contribution in [1.29, 1.82) is 0 Å². The smallest absolute Gasteiger partial charge is 0.335 e. The first-order chi connectivity index (χ1) is 17.3. The van der Waals surface area contributed by atoms with Crippen molar-refractivity contribution >= 4 is 16.9 Å². The second kappa shape index (κ2) is 10.2. The number of ether oxygens (including phenoxy) is 1. The molecule has 1 aliphatic heterocycles. The predicted octanol–water partition coefficient (Wildman–Crippen LogP) is 5.39. The van der Waals surface area contributed by atoms with Gasteiger partial charge in [-0.1, -0.05) is 18.9 Å². The molecule has 2 atom stereocenters. The maximum Gasteiger partial charge on any atom is 0.335 e. The largest absolute Gasteiger partial charge is 0.492 e.